The molecule has 7 heteroatoms. The second-order valence-corrected chi connectivity index (χ2v) is 6.42. The number of hydrogen-bond acceptors (Lipinski definition) is 6. The predicted octanol–water partition coefficient (Wildman–Crippen LogP) is 5.11. The lowest BCUT2D eigenvalue weighted by Crippen LogP contribution is -2.09. The first-order chi connectivity index (χ1) is 15.0. The molecule has 3 aromatic carbocycles. The standard InChI is InChI=1S/C24H19NO6/c1-2-30-21-11-6-17(7-12-21)8-15-23(26)18-9-13-22(14-10-18)31-24(27)19-4-3-5-20(16-19)25(28)29/h3-16H,2H2,1H3. The average molecular weight is 417 g/mol. The molecule has 0 unspecified atom stereocenters. The zero-order valence-corrected chi connectivity index (χ0v) is 16.7. The highest BCUT2D eigenvalue weighted by Gasteiger charge is 2.13. The van der Waals surface area contributed by atoms with E-state index in [1.54, 1.807) is 18.2 Å². The van der Waals surface area contributed by atoms with E-state index in [4.69, 9.17) is 9.47 Å². The maximum atomic E-state index is 12.4. The van der Waals surface area contributed by atoms with Crippen LogP contribution in [0.4, 0.5) is 5.69 Å². The van der Waals surface area contributed by atoms with Crippen LogP contribution in [0.1, 0.15) is 33.2 Å². The van der Waals surface area contributed by atoms with E-state index in [2.05, 4.69) is 0 Å². The summed E-state index contributed by atoms with van der Waals surface area (Å²) in [4.78, 5) is 34.8. The van der Waals surface area contributed by atoms with Crippen LogP contribution in [0.25, 0.3) is 6.08 Å². The lowest BCUT2D eigenvalue weighted by molar-refractivity contribution is -0.384. The molecule has 0 heterocycles. The summed E-state index contributed by atoms with van der Waals surface area (Å²) in [7, 11) is 0. The van der Waals surface area contributed by atoms with E-state index in [1.807, 2.05) is 31.2 Å². The quantitative estimate of drug-likeness (QED) is 0.126. The Kier molecular flexibility index (Phi) is 6.90. The number of carbonyl (C=O) groups is 2. The van der Waals surface area contributed by atoms with Crippen LogP contribution in [0.15, 0.2) is 78.9 Å². The molecular formula is C24H19NO6. The van der Waals surface area contributed by atoms with Crippen molar-refractivity contribution in [3.63, 3.8) is 0 Å². The second-order valence-electron chi connectivity index (χ2n) is 6.42. The van der Waals surface area contributed by atoms with Gasteiger partial charge in [0.05, 0.1) is 17.1 Å². The number of allylic oxidation sites excluding steroid dienone is 1. The minimum Gasteiger partial charge on any atom is -0.494 e. The van der Waals surface area contributed by atoms with Gasteiger partial charge in [-0.05, 0) is 61.0 Å². The van der Waals surface area contributed by atoms with Crippen LogP contribution in [0.2, 0.25) is 0 Å². The van der Waals surface area contributed by atoms with Gasteiger partial charge in [0.1, 0.15) is 11.5 Å². The van der Waals surface area contributed by atoms with E-state index in [9.17, 15) is 19.7 Å². The number of nitro groups is 1. The number of carbonyl (C=O) groups excluding carboxylic acids is 2. The van der Waals surface area contributed by atoms with Crippen LogP contribution in [0.3, 0.4) is 0 Å². The Balaban J connectivity index is 1.62. The Labute approximate surface area is 178 Å². The summed E-state index contributed by atoms with van der Waals surface area (Å²) in [5, 5.41) is 10.8. The van der Waals surface area contributed by atoms with Crippen LogP contribution in [0.5, 0.6) is 11.5 Å². The smallest absolute Gasteiger partial charge is 0.343 e. The summed E-state index contributed by atoms with van der Waals surface area (Å²) in [5.41, 5.74) is 1.15. The minimum absolute atomic E-state index is 0.0626. The Morgan fingerprint density at radius 2 is 1.61 bits per heavy atom. The number of hydrogen-bond donors (Lipinski definition) is 0. The van der Waals surface area contributed by atoms with Crippen molar-refractivity contribution in [1.82, 2.24) is 0 Å². The maximum absolute atomic E-state index is 12.4. The number of ketones is 1. The summed E-state index contributed by atoms with van der Waals surface area (Å²) >= 11 is 0. The van der Waals surface area contributed by atoms with Gasteiger partial charge in [0, 0.05) is 17.7 Å². The molecule has 0 N–H and O–H groups in total. The number of non-ortho nitro benzene ring substituents is 1. The highest BCUT2D eigenvalue weighted by atomic mass is 16.6. The summed E-state index contributed by atoms with van der Waals surface area (Å²) in [5.74, 6) is 0.0633. The number of esters is 1. The van der Waals surface area contributed by atoms with Crippen LogP contribution in [-0.4, -0.2) is 23.3 Å². The molecule has 31 heavy (non-hydrogen) atoms. The third-order valence-corrected chi connectivity index (χ3v) is 4.26. The van der Waals surface area contributed by atoms with E-state index in [0.29, 0.717) is 12.2 Å². The lowest BCUT2D eigenvalue weighted by Gasteiger charge is -2.05. The first-order valence-electron chi connectivity index (χ1n) is 9.48. The van der Waals surface area contributed by atoms with Crippen molar-refractivity contribution in [3.8, 4) is 11.5 Å². The summed E-state index contributed by atoms with van der Waals surface area (Å²) in [6.45, 7) is 2.50. The molecule has 3 aromatic rings. The second kappa shape index (κ2) is 9.98. The van der Waals surface area contributed by atoms with E-state index in [0.717, 1.165) is 17.4 Å². The van der Waals surface area contributed by atoms with Crippen molar-refractivity contribution in [1.29, 1.82) is 0 Å². The van der Waals surface area contributed by atoms with Gasteiger partial charge in [-0.15, -0.1) is 0 Å². The molecule has 0 bridgehead atoms. The normalized spacial score (nSPS) is 10.6. The van der Waals surface area contributed by atoms with E-state index >= 15 is 0 Å². The van der Waals surface area contributed by atoms with Crippen molar-refractivity contribution in [2.24, 2.45) is 0 Å². The fraction of sp³-hybridized carbons (Fsp3) is 0.0833. The maximum Gasteiger partial charge on any atom is 0.343 e. The number of benzene rings is 3. The van der Waals surface area contributed by atoms with Gasteiger partial charge in [-0.3, -0.25) is 14.9 Å². The minimum atomic E-state index is -0.724. The zero-order valence-electron chi connectivity index (χ0n) is 16.7. The highest BCUT2D eigenvalue weighted by Crippen LogP contribution is 2.18. The van der Waals surface area contributed by atoms with Gasteiger partial charge in [0.25, 0.3) is 5.69 Å². The summed E-state index contributed by atoms with van der Waals surface area (Å²) in [6, 6.07) is 18.7. The average Bonchev–Trinajstić information content (AvgIpc) is 2.79. The molecule has 0 aromatic heterocycles. The van der Waals surface area contributed by atoms with Gasteiger partial charge >= 0.3 is 5.97 Å². The number of nitrogens with zero attached hydrogens (tertiary/aromatic N) is 1. The van der Waals surface area contributed by atoms with Gasteiger partial charge in [0.2, 0.25) is 0 Å². The van der Waals surface area contributed by atoms with Crippen LogP contribution in [0, 0.1) is 10.1 Å². The molecule has 0 aliphatic heterocycles. The van der Waals surface area contributed by atoms with E-state index in [-0.39, 0.29) is 22.8 Å². The van der Waals surface area contributed by atoms with Gasteiger partial charge in [-0.1, -0.05) is 24.3 Å². The SMILES string of the molecule is CCOc1ccc(C=CC(=O)c2ccc(OC(=O)c3cccc([N+](=O)[O-])c3)cc2)cc1. The largest absolute Gasteiger partial charge is 0.494 e. The molecule has 0 radical (unpaired) electrons. The molecule has 0 aliphatic rings. The molecule has 3 rings (SSSR count). The molecule has 0 fully saturated rings. The molecule has 0 atom stereocenters. The molecule has 7 nitrogen and oxygen atoms in total. The molecule has 0 aliphatic carbocycles. The first-order valence-corrected chi connectivity index (χ1v) is 9.48. The fourth-order valence-corrected chi connectivity index (χ4v) is 2.71. The van der Waals surface area contributed by atoms with E-state index < -0.39 is 10.9 Å². The van der Waals surface area contributed by atoms with Crippen molar-refractivity contribution in [3.05, 3.63) is 106 Å². The number of ether oxygens (including phenoxy) is 2. The summed E-state index contributed by atoms with van der Waals surface area (Å²) < 4.78 is 10.6. The Morgan fingerprint density at radius 1 is 0.935 bits per heavy atom. The summed E-state index contributed by atoms with van der Waals surface area (Å²) in [6.07, 6.45) is 3.16. The Hall–Kier alpha value is -4.26. The molecule has 0 amide bonds. The van der Waals surface area contributed by atoms with Crippen LogP contribution < -0.4 is 9.47 Å². The zero-order chi connectivity index (χ0) is 22.2. The van der Waals surface area contributed by atoms with E-state index in [1.165, 1.54) is 36.4 Å². The van der Waals surface area contributed by atoms with Gasteiger partial charge in [-0.25, -0.2) is 4.79 Å². The highest BCUT2D eigenvalue weighted by molar-refractivity contribution is 6.06. The fourth-order valence-electron chi connectivity index (χ4n) is 2.71. The molecule has 156 valence electrons. The monoisotopic (exact) mass is 417 g/mol. The van der Waals surface area contributed by atoms with Crippen molar-refractivity contribution >= 4 is 23.5 Å². The van der Waals surface area contributed by atoms with Gasteiger partial charge < -0.3 is 9.47 Å². The van der Waals surface area contributed by atoms with Crippen molar-refractivity contribution in [2.75, 3.05) is 6.61 Å². The van der Waals surface area contributed by atoms with Gasteiger partial charge in [0.15, 0.2) is 5.78 Å². The van der Waals surface area contributed by atoms with Crippen LogP contribution >= 0.6 is 0 Å². The third-order valence-electron chi connectivity index (χ3n) is 4.26. The Morgan fingerprint density at radius 3 is 2.26 bits per heavy atom. The Bertz CT molecular complexity index is 1120. The van der Waals surface area contributed by atoms with Gasteiger partial charge in [-0.2, -0.15) is 0 Å². The number of nitro benzene ring substituents is 1. The molecule has 0 saturated carbocycles. The first kappa shape index (κ1) is 21.4. The van der Waals surface area contributed by atoms with Crippen LogP contribution in [-0.2, 0) is 0 Å². The third kappa shape index (κ3) is 5.86. The molecular weight excluding hydrogens is 398 g/mol. The predicted molar refractivity (Wildman–Crippen MR) is 115 cm³/mol. The van der Waals surface area contributed by atoms with Crippen molar-refractivity contribution in [2.45, 2.75) is 6.92 Å². The number of rotatable bonds is 8. The molecule has 0 saturated heterocycles. The lowest BCUT2D eigenvalue weighted by atomic mass is 10.1. The molecule has 0 spiro atoms. The topological polar surface area (TPSA) is 95.7 Å². The van der Waals surface area contributed by atoms with Crippen molar-refractivity contribution < 1.29 is 24.0 Å².